The molecule has 5 amide bonds. The normalized spacial score (nSPS) is 15.9. The number of ketones is 1. The van der Waals surface area contributed by atoms with Gasteiger partial charge < -0.3 is 35.9 Å². The molecule has 3 aromatic rings. The van der Waals surface area contributed by atoms with Crippen LogP contribution in [0, 0.1) is 5.92 Å². The topological polar surface area (TPSA) is 162 Å². The zero-order chi connectivity index (χ0) is 29.6. The Balaban J connectivity index is 1.30. The van der Waals surface area contributed by atoms with Crippen LogP contribution < -0.4 is 26.0 Å². The molecule has 1 aromatic heterocycles. The largest absolute Gasteiger partial charge is 0.496 e. The lowest BCUT2D eigenvalue weighted by Gasteiger charge is -2.25. The van der Waals surface area contributed by atoms with Crippen molar-refractivity contribution in [2.24, 2.45) is 5.92 Å². The first-order chi connectivity index (χ1) is 20.3. The van der Waals surface area contributed by atoms with Crippen molar-refractivity contribution in [3.63, 3.8) is 0 Å². The third kappa shape index (κ3) is 6.88. The number of amides is 5. The Kier molecular flexibility index (Phi) is 8.70. The molecule has 1 saturated heterocycles. The summed E-state index contributed by atoms with van der Waals surface area (Å²) in [7, 11) is 1.54. The number of nitrogens with zero attached hydrogens (tertiary/aromatic N) is 1. The first-order valence-electron chi connectivity index (χ1n) is 14.0. The number of hydrogen-bond acceptors (Lipinski definition) is 6. The number of aromatic amines is 1. The molecule has 2 aliphatic rings. The van der Waals surface area contributed by atoms with Gasteiger partial charge in [0, 0.05) is 30.5 Å². The number of aromatic nitrogens is 1. The number of carbonyl (C=O) groups is 5. The summed E-state index contributed by atoms with van der Waals surface area (Å²) in [6.07, 6.45) is 2.25. The van der Waals surface area contributed by atoms with Gasteiger partial charge in [0.2, 0.25) is 11.7 Å². The average Bonchev–Trinajstić information content (AvgIpc) is 3.56. The zero-order valence-electron chi connectivity index (χ0n) is 23.3. The number of nitrogens with one attached hydrogen (secondary N) is 5. The number of hydrogen-bond donors (Lipinski definition) is 5. The summed E-state index contributed by atoms with van der Waals surface area (Å²) in [6.45, 7) is 0.673. The first-order valence-corrected chi connectivity index (χ1v) is 14.0. The minimum atomic E-state index is -1.30. The Morgan fingerprint density at radius 2 is 1.81 bits per heavy atom. The SMILES string of the molecule is COc1cccc2[nH]c(C(=O)NC(CC3CC3)C(=O)NC(CN3CCNC3=O)C(=O)C(=O)NCc3ccccc3)cc12. The number of fused-ring (bicyclic) bond motifs is 1. The number of ether oxygens (including phenoxy) is 1. The molecule has 2 atom stereocenters. The smallest absolute Gasteiger partial charge is 0.317 e. The second-order valence-corrected chi connectivity index (χ2v) is 10.6. The minimum Gasteiger partial charge on any atom is -0.496 e. The van der Waals surface area contributed by atoms with E-state index in [-0.39, 0.29) is 30.7 Å². The summed E-state index contributed by atoms with van der Waals surface area (Å²) in [6, 6.07) is 13.5. The summed E-state index contributed by atoms with van der Waals surface area (Å²) >= 11 is 0. The molecule has 0 bridgehead atoms. The van der Waals surface area contributed by atoms with Gasteiger partial charge in [-0.1, -0.05) is 49.2 Å². The van der Waals surface area contributed by atoms with Crippen molar-refractivity contribution in [1.82, 2.24) is 31.2 Å². The van der Waals surface area contributed by atoms with Gasteiger partial charge in [0.25, 0.3) is 11.8 Å². The van der Waals surface area contributed by atoms with Crippen LogP contribution >= 0.6 is 0 Å². The lowest BCUT2D eigenvalue weighted by atomic mass is 10.1. The van der Waals surface area contributed by atoms with Gasteiger partial charge in [0.15, 0.2) is 0 Å². The maximum Gasteiger partial charge on any atom is 0.317 e. The quantitative estimate of drug-likeness (QED) is 0.194. The van der Waals surface area contributed by atoms with Crippen LogP contribution in [0.5, 0.6) is 5.75 Å². The van der Waals surface area contributed by atoms with Crippen LogP contribution in [-0.4, -0.2) is 78.2 Å². The highest BCUT2D eigenvalue weighted by atomic mass is 16.5. The lowest BCUT2D eigenvalue weighted by Crippen LogP contribution is -2.57. The Morgan fingerprint density at radius 3 is 2.50 bits per heavy atom. The van der Waals surface area contributed by atoms with Crippen LogP contribution in [0.3, 0.4) is 0 Å². The molecule has 5 N–H and O–H groups in total. The van der Waals surface area contributed by atoms with E-state index in [0.29, 0.717) is 30.8 Å². The van der Waals surface area contributed by atoms with Crippen LogP contribution in [-0.2, 0) is 20.9 Å². The van der Waals surface area contributed by atoms with Gasteiger partial charge in [-0.15, -0.1) is 0 Å². The van der Waals surface area contributed by atoms with E-state index in [2.05, 4.69) is 26.3 Å². The fourth-order valence-corrected chi connectivity index (χ4v) is 4.98. The van der Waals surface area contributed by atoms with E-state index in [1.165, 1.54) is 4.90 Å². The molecule has 0 spiro atoms. The van der Waals surface area contributed by atoms with Gasteiger partial charge in [-0.2, -0.15) is 0 Å². The van der Waals surface area contributed by atoms with Gasteiger partial charge in [-0.3, -0.25) is 19.2 Å². The predicted molar refractivity (Wildman–Crippen MR) is 154 cm³/mol. The molecule has 42 heavy (non-hydrogen) atoms. The molecule has 0 radical (unpaired) electrons. The van der Waals surface area contributed by atoms with Gasteiger partial charge in [-0.05, 0) is 36.1 Å². The molecule has 2 heterocycles. The highest BCUT2D eigenvalue weighted by Gasteiger charge is 2.36. The molecule has 2 aromatic carbocycles. The fraction of sp³-hybridized carbons (Fsp3) is 0.367. The molecule has 1 aliphatic heterocycles. The number of H-pyrrole nitrogens is 1. The monoisotopic (exact) mass is 574 g/mol. The van der Waals surface area contributed by atoms with Gasteiger partial charge in [-0.25, -0.2) is 4.79 Å². The molecule has 1 aliphatic carbocycles. The molecule has 2 unspecified atom stereocenters. The molecule has 1 saturated carbocycles. The van der Waals surface area contributed by atoms with E-state index in [1.54, 1.807) is 25.3 Å². The summed E-state index contributed by atoms with van der Waals surface area (Å²) in [5.74, 6) is -1.98. The molecular weight excluding hydrogens is 540 g/mol. The van der Waals surface area contributed by atoms with Crippen LogP contribution in [0.2, 0.25) is 0 Å². The van der Waals surface area contributed by atoms with Crippen LogP contribution in [0.1, 0.15) is 35.3 Å². The molecule has 5 rings (SSSR count). The van der Waals surface area contributed by atoms with E-state index < -0.39 is 35.6 Å². The number of Topliss-reactive ketones (excluding diaryl/α,β-unsaturated/α-hetero) is 1. The van der Waals surface area contributed by atoms with Crippen molar-refractivity contribution >= 4 is 40.4 Å². The number of carbonyl (C=O) groups excluding carboxylic acids is 5. The van der Waals surface area contributed by atoms with E-state index in [4.69, 9.17) is 4.74 Å². The highest BCUT2D eigenvalue weighted by molar-refractivity contribution is 6.38. The van der Waals surface area contributed by atoms with Gasteiger partial charge >= 0.3 is 6.03 Å². The van der Waals surface area contributed by atoms with E-state index >= 15 is 0 Å². The zero-order valence-corrected chi connectivity index (χ0v) is 23.3. The van der Waals surface area contributed by atoms with Crippen molar-refractivity contribution in [2.75, 3.05) is 26.7 Å². The minimum absolute atomic E-state index is 0.131. The average molecular weight is 575 g/mol. The second kappa shape index (κ2) is 12.8. The molecular formula is C30H34N6O6. The lowest BCUT2D eigenvalue weighted by molar-refractivity contribution is -0.140. The van der Waals surface area contributed by atoms with Crippen LogP contribution in [0.25, 0.3) is 10.9 Å². The maximum absolute atomic E-state index is 13.6. The van der Waals surface area contributed by atoms with E-state index in [9.17, 15) is 24.0 Å². The number of methoxy groups -OCH3 is 1. The van der Waals surface area contributed by atoms with Gasteiger partial charge in [0.1, 0.15) is 23.5 Å². The Bertz CT molecular complexity index is 1480. The standard InChI is InChI=1S/C30H34N6O6/c1-42-25-9-5-8-21-20(25)15-23(33-21)28(39)34-22(14-18-10-11-18)27(38)35-24(17-36-13-12-31-30(36)41)26(37)29(40)32-16-19-6-3-2-4-7-19/h2-9,15,18,22,24,33H,10-14,16-17H2,1H3,(H,31,41)(H,32,40)(H,34,39)(H,35,38). The van der Waals surface area contributed by atoms with Crippen LogP contribution in [0.15, 0.2) is 54.6 Å². The third-order valence-electron chi connectivity index (χ3n) is 7.48. The highest BCUT2D eigenvalue weighted by Crippen LogP contribution is 2.34. The fourth-order valence-electron chi connectivity index (χ4n) is 4.98. The second-order valence-electron chi connectivity index (χ2n) is 10.6. The van der Waals surface area contributed by atoms with Crippen molar-refractivity contribution < 1.29 is 28.7 Å². The van der Waals surface area contributed by atoms with Crippen molar-refractivity contribution in [1.29, 1.82) is 0 Å². The van der Waals surface area contributed by atoms with Crippen molar-refractivity contribution in [3.05, 3.63) is 65.9 Å². The van der Waals surface area contributed by atoms with E-state index in [0.717, 1.165) is 23.8 Å². The van der Waals surface area contributed by atoms with Gasteiger partial charge in [0.05, 0.1) is 13.7 Å². The number of urea groups is 1. The number of benzene rings is 2. The van der Waals surface area contributed by atoms with Crippen molar-refractivity contribution in [3.8, 4) is 5.75 Å². The van der Waals surface area contributed by atoms with Crippen molar-refractivity contribution in [2.45, 2.75) is 37.9 Å². The predicted octanol–water partition coefficient (Wildman–Crippen LogP) is 1.47. The summed E-state index contributed by atoms with van der Waals surface area (Å²) in [4.78, 5) is 69.6. The third-order valence-corrected chi connectivity index (χ3v) is 7.48. The summed E-state index contributed by atoms with van der Waals surface area (Å²) < 4.78 is 5.38. The summed E-state index contributed by atoms with van der Waals surface area (Å²) in [5, 5.41) is 11.4. The van der Waals surface area contributed by atoms with Crippen LogP contribution in [0.4, 0.5) is 4.79 Å². The molecule has 220 valence electrons. The first kappa shape index (κ1) is 28.7. The Morgan fingerprint density at radius 1 is 1.02 bits per heavy atom. The Hall–Kier alpha value is -4.87. The number of rotatable bonds is 13. The Labute approximate surface area is 242 Å². The van der Waals surface area contributed by atoms with E-state index in [1.807, 2.05) is 36.4 Å². The molecule has 12 heteroatoms. The molecule has 12 nitrogen and oxygen atoms in total. The molecule has 2 fully saturated rings. The summed E-state index contributed by atoms with van der Waals surface area (Å²) in [5.41, 5.74) is 1.77. The maximum atomic E-state index is 13.6.